The van der Waals surface area contributed by atoms with Crippen molar-refractivity contribution in [1.29, 1.82) is 0 Å². The van der Waals surface area contributed by atoms with Crippen molar-refractivity contribution >= 4 is 16.8 Å². The minimum absolute atomic E-state index is 0.0114. The maximum atomic E-state index is 11.9. The number of hydrogen-bond acceptors (Lipinski definition) is 2. The van der Waals surface area contributed by atoms with Gasteiger partial charge < -0.3 is 15.4 Å². The Balaban J connectivity index is 1.56. The SMILES string of the molecule is Cc1cccc2c(CCC(=O)NCC3(O)CCC3)c[nH]c12. The highest BCUT2D eigenvalue weighted by Gasteiger charge is 2.34. The number of fused-ring (bicyclic) bond motifs is 1. The second kappa shape index (κ2) is 5.53. The fourth-order valence-corrected chi connectivity index (χ4v) is 2.93. The largest absolute Gasteiger partial charge is 0.388 e. The van der Waals surface area contributed by atoms with Gasteiger partial charge in [-0.3, -0.25) is 4.79 Å². The summed E-state index contributed by atoms with van der Waals surface area (Å²) in [6.07, 6.45) is 5.82. The number of hydrogen-bond donors (Lipinski definition) is 3. The van der Waals surface area contributed by atoms with Gasteiger partial charge in [0.25, 0.3) is 0 Å². The maximum absolute atomic E-state index is 11.9. The Hall–Kier alpha value is -1.81. The number of para-hydroxylation sites is 1. The summed E-state index contributed by atoms with van der Waals surface area (Å²) >= 11 is 0. The van der Waals surface area contributed by atoms with Crippen LogP contribution >= 0.6 is 0 Å². The van der Waals surface area contributed by atoms with Crippen LogP contribution in [0.4, 0.5) is 0 Å². The Morgan fingerprint density at radius 3 is 2.95 bits per heavy atom. The molecule has 0 saturated heterocycles. The van der Waals surface area contributed by atoms with Gasteiger partial charge in [-0.1, -0.05) is 18.2 Å². The number of aromatic amines is 1. The van der Waals surface area contributed by atoms with Crippen LogP contribution in [-0.4, -0.2) is 28.1 Å². The van der Waals surface area contributed by atoms with Crippen LogP contribution in [0.3, 0.4) is 0 Å². The van der Waals surface area contributed by atoms with Gasteiger partial charge in [-0.05, 0) is 43.7 Å². The minimum atomic E-state index is -0.645. The number of benzene rings is 1. The van der Waals surface area contributed by atoms with E-state index in [1.807, 2.05) is 12.3 Å². The number of aryl methyl sites for hydroxylation is 2. The molecule has 1 amide bonds. The third-order valence-electron chi connectivity index (χ3n) is 4.53. The van der Waals surface area contributed by atoms with Crippen LogP contribution in [0, 0.1) is 6.92 Å². The molecule has 3 rings (SSSR count). The lowest BCUT2D eigenvalue weighted by atomic mass is 9.80. The first-order chi connectivity index (χ1) is 10.1. The summed E-state index contributed by atoms with van der Waals surface area (Å²) in [7, 11) is 0. The average molecular weight is 286 g/mol. The Morgan fingerprint density at radius 2 is 2.24 bits per heavy atom. The van der Waals surface area contributed by atoms with E-state index in [9.17, 15) is 9.90 Å². The zero-order valence-corrected chi connectivity index (χ0v) is 12.4. The van der Waals surface area contributed by atoms with Crippen molar-refractivity contribution < 1.29 is 9.90 Å². The normalized spacial score (nSPS) is 16.7. The van der Waals surface area contributed by atoms with Gasteiger partial charge in [0.2, 0.25) is 5.91 Å². The van der Waals surface area contributed by atoms with Gasteiger partial charge in [0.05, 0.1) is 5.60 Å². The molecule has 3 N–H and O–H groups in total. The van der Waals surface area contributed by atoms with Crippen molar-refractivity contribution in [3.8, 4) is 0 Å². The molecule has 1 aliphatic carbocycles. The Morgan fingerprint density at radius 1 is 1.43 bits per heavy atom. The summed E-state index contributed by atoms with van der Waals surface area (Å²) in [5, 5.41) is 14.0. The highest BCUT2D eigenvalue weighted by molar-refractivity contribution is 5.86. The molecule has 4 nitrogen and oxygen atoms in total. The van der Waals surface area contributed by atoms with E-state index in [1.165, 1.54) is 16.5 Å². The Kier molecular flexibility index (Phi) is 3.72. The van der Waals surface area contributed by atoms with Crippen molar-refractivity contribution in [1.82, 2.24) is 10.3 Å². The van der Waals surface area contributed by atoms with E-state index in [0.29, 0.717) is 19.4 Å². The van der Waals surface area contributed by atoms with E-state index in [-0.39, 0.29) is 5.91 Å². The Labute approximate surface area is 124 Å². The number of amides is 1. The van der Waals surface area contributed by atoms with Gasteiger partial charge in [0, 0.05) is 30.1 Å². The minimum Gasteiger partial charge on any atom is -0.388 e. The van der Waals surface area contributed by atoms with E-state index in [4.69, 9.17) is 0 Å². The van der Waals surface area contributed by atoms with Crippen molar-refractivity contribution in [2.75, 3.05) is 6.54 Å². The van der Waals surface area contributed by atoms with Crippen LogP contribution in [-0.2, 0) is 11.2 Å². The maximum Gasteiger partial charge on any atom is 0.220 e. The Bertz CT molecular complexity index is 656. The summed E-state index contributed by atoms with van der Waals surface area (Å²) in [5.41, 5.74) is 2.89. The highest BCUT2D eigenvalue weighted by Crippen LogP contribution is 2.30. The van der Waals surface area contributed by atoms with Gasteiger partial charge >= 0.3 is 0 Å². The molecule has 0 aliphatic heterocycles. The topological polar surface area (TPSA) is 65.1 Å². The van der Waals surface area contributed by atoms with Gasteiger partial charge in [0.1, 0.15) is 0 Å². The summed E-state index contributed by atoms with van der Waals surface area (Å²) < 4.78 is 0. The standard InChI is InChI=1S/C17H22N2O2/c1-12-4-2-5-14-13(10-18-16(12)14)6-7-15(20)19-11-17(21)8-3-9-17/h2,4-5,10,18,21H,3,6-9,11H2,1H3,(H,19,20). The molecule has 21 heavy (non-hydrogen) atoms. The summed E-state index contributed by atoms with van der Waals surface area (Å²) in [6.45, 7) is 2.47. The zero-order valence-electron chi connectivity index (χ0n) is 12.4. The fourth-order valence-electron chi connectivity index (χ4n) is 2.93. The third kappa shape index (κ3) is 2.95. The predicted octanol–water partition coefficient (Wildman–Crippen LogP) is 2.44. The summed E-state index contributed by atoms with van der Waals surface area (Å²) in [4.78, 5) is 15.2. The van der Waals surface area contributed by atoms with Crippen LogP contribution in [0.2, 0.25) is 0 Å². The quantitative estimate of drug-likeness (QED) is 0.790. The smallest absolute Gasteiger partial charge is 0.220 e. The first-order valence-electron chi connectivity index (χ1n) is 7.62. The second-order valence-corrected chi connectivity index (χ2v) is 6.17. The van der Waals surface area contributed by atoms with E-state index in [2.05, 4.69) is 29.4 Å². The first kappa shape index (κ1) is 14.1. The summed E-state index contributed by atoms with van der Waals surface area (Å²) in [5.74, 6) is 0.0114. The van der Waals surface area contributed by atoms with Crippen LogP contribution in [0.1, 0.15) is 36.8 Å². The molecular weight excluding hydrogens is 264 g/mol. The number of aromatic nitrogens is 1. The van der Waals surface area contributed by atoms with Crippen molar-refractivity contribution in [2.24, 2.45) is 0 Å². The molecule has 112 valence electrons. The van der Waals surface area contributed by atoms with Crippen molar-refractivity contribution in [3.05, 3.63) is 35.5 Å². The molecule has 1 fully saturated rings. The number of carbonyl (C=O) groups excluding carboxylic acids is 1. The third-order valence-corrected chi connectivity index (χ3v) is 4.53. The molecule has 1 aromatic heterocycles. The lowest BCUT2D eigenvalue weighted by Gasteiger charge is -2.36. The van der Waals surface area contributed by atoms with Gasteiger partial charge in [0.15, 0.2) is 0 Å². The van der Waals surface area contributed by atoms with E-state index in [0.717, 1.165) is 24.8 Å². The van der Waals surface area contributed by atoms with Crippen LogP contribution in [0.15, 0.2) is 24.4 Å². The van der Waals surface area contributed by atoms with E-state index >= 15 is 0 Å². The van der Waals surface area contributed by atoms with Crippen LogP contribution < -0.4 is 5.32 Å². The van der Waals surface area contributed by atoms with Gasteiger partial charge in [-0.25, -0.2) is 0 Å². The molecule has 0 bridgehead atoms. The predicted molar refractivity (Wildman–Crippen MR) is 83.2 cm³/mol. The molecule has 0 atom stereocenters. The summed E-state index contributed by atoms with van der Waals surface area (Å²) in [6, 6.07) is 6.21. The highest BCUT2D eigenvalue weighted by atomic mass is 16.3. The van der Waals surface area contributed by atoms with Gasteiger partial charge in [-0.15, -0.1) is 0 Å². The van der Waals surface area contributed by atoms with Crippen LogP contribution in [0.25, 0.3) is 10.9 Å². The van der Waals surface area contributed by atoms with Gasteiger partial charge in [-0.2, -0.15) is 0 Å². The molecule has 0 unspecified atom stereocenters. The molecule has 1 saturated carbocycles. The first-order valence-corrected chi connectivity index (χ1v) is 7.62. The number of aliphatic hydroxyl groups is 1. The molecule has 1 aromatic carbocycles. The van der Waals surface area contributed by atoms with E-state index < -0.39 is 5.60 Å². The molecule has 0 spiro atoms. The monoisotopic (exact) mass is 286 g/mol. The fraction of sp³-hybridized carbons (Fsp3) is 0.471. The zero-order chi connectivity index (χ0) is 14.9. The van der Waals surface area contributed by atoms with Crippen molar-refractivity contribution in [3.63, 3.8) is 0 Å². The lowest BCUT2D eigenvalue weighted by molar-refractivity contribution is -0.123. The van der Waals surface area contributed by atoms with E-state index in [1.54, 1.807) is 0 Å². The van der Waals surface area contributed by atoms with Crippen LogP contribution in [0.5, 0.6) is 0 Å². The lowest BCUT2D eigenvalue weighted by Crippen LogP contribution is -2.47. The number of nitrogens with one attached hydrogen (secondary N) is 2. The molecule has 2 aromatic rings. The second-order valence-electron chi connectivity index (χ2n) is 6.17. The molecular formula is C17H22N2O2. The van der Waals surface area contributed by atoms with Crippen molar-refractivity contribution in [2.45, 2.75) is 44.6 Å². The molecule has 0 radical (unpaired) electrons. The number of carbonyl (C=O) groups is 1. The molecule has 1 aliphatic rings. The molecule has 1 heterocycles. The molecule has 4 heteroatoms. The number of rotatable bonds is 5. The average Bonchev–Trinajstić information content (AvgIpc) is 2.85. The number of H-pyrrole nitrogens is 1.